The lowest BCUT2D eigenvalue weighted by molar-refractivity contribution is -0.184. The average Bonchev–Trinajstić information content (AvgIpc) is 3.35. The van der Waals surface area contributed by atoms with E-state index in [4.69, 9.17) is 4.74 Å². The Balaban J connectivity index is 1.13. The maximum Gasteiger partial charge on any atom is 0.326 e. The highest BCUT2D eigenvalue weighted by Gasteiger charge is 2.68. The summed E-state index contributed by atoms with van der Waals surface area (Å²) in [6.07, 6.45) is 3.98. The Kier molecular flexibility index (Phi) is 11.3. The first-order chi connectivity index (χ1) is 24.0. The van der Waals surface area contributed by atoms with Gasteiger partial charge in [-0.3, -0.25) is 24.0 Å². The van der Waals surface area contributed by atoms with Gasteiger partial charge in [0.1, 0.15) is 17.7 Å². The number of aliphatic hydroxyl groups excluding tert-OH is 1. The van der Waals surface area contributed by atoms with Gasteiger partial charge in [0, 0.05) is 24.7 Å². The molecule has 0 aromatic heterocycles. The molecule has 1 aromatic carbocycles. The number of benzene rings is 1. The number of Topliss-reactive ketones (excluding diaryl/α,β-unsaturated/α-hetero) is 1. The minimum absolute atomic E-state index is 0.0227. The molecule has 0 saturated heterocycles. The number of aliphatic hydroxyl groups is 2. The van der Waals surface area contributed by atoms with Crippen LogP contribution in [0.25, 0.3) is 0 Å². The average molecular weight is 709 g/mol. The standard InChI is InChI=1S/C39H52N2O10/c1-22(2)34(35(47)40-28(36(48)49)18-23-8-6-5-7-9-23)41-31(45)12-13-32(46)51-21-30(44)39(50)17-15-27-26-11-10-24-19-25(42)14-16-37(24,3)33(26)29(43)20-38(27,39)4/h5-9,19,22,26-29,33-34,43,50H,10-18,20-21H2,1-4H3,(H,40,47)(H,41,45)(H,48,49)/t26?,27?,28?,29?,33?,34?,37-,38-,39-/m0/s1. The number of rotatable bonds is 13. The summed E-state index contributed by atoms with van der Waals surface area (Å²) in [7, 11) is 0. The number of esters is 1. The Hall–Kier alpha value is -3.90. The molecule has 0 radical (unpaired) electrons. The molecule has 1 aromatic rings. The number of nitrogens with one attached hydrogen (secondary N) is 2. The van der Waals surface area contributed by atoms with E-state index in [9.17, 15) is 44.1 Å². The molecule has 5 N–H and O–H groups in total. The zero-order chi connectivity index (χ0) is 37.3. The van der Waals surface area contributed by atoms with Crippen LogP contribution in [0.15, 0.2) is 42.0 Å². The number of hydrogen-bond acceptors (Lipinski definition) is 9. The highest BCUT2D eigenvalue weighted by Crippen LogP contribution is 2.67. The zero-order valence-corrected chi connectivity index (χ0v) is 30.0. The first kappa shape index (κ1) is 38.3. The SMILES string of the molecule is CC(C)C(NC(=O)CCC(=O)OCC(=O)[C@@]1(O)CCC2C3CCC4=CC(=O)CC[C@]4(C)C3C(O)C[C@@]21C)C(=O)NC(Cc1ccccc1)C(=O)O. The molecule has 5 rings (SSSR count). The normalized spacial score (nSPS) is 32.4. The Bertz CT molecular complexity index is 1570. The summed E-state index contributed by atoms with van der Waals surface area (Å²) in [5.74, 6) is -4.25. The van der Waals surface area contributed by atoms with Crippen molar-refractivity contribution in [3.8, 4) is 0 Å². The van der Waals surface area contributed by atoms with Crippen LogP contribution in [0.4, 0.5) is 0 Å². The molecular formula is C39H52N2O10. The number of carbonyl (C=O) groups excluding carboxylic acids is 5. The van der Waals surface area contributed by atoms with Crippen LogP contribution in [0.2, 0.25) is 0 Å². The molecule has 0 spiro atoms. The largest absolute Gasteiger partial charge is 0.480 e. The highest BCUT2D eigenvalue weighted by atomic mass is 16.5. The van der Waals surface area contributed by atoms with Crippen molar-refractivity contribution in [2.75, 3.05) is 6.61 Å². The fourth-order valence-corrected chi connectivity index (χ4v) is 9.80. The van der Waals surface area contributed by atoms with E-state index in [1.807, 2.05) is 6.92 Å². The van der Waals surface area contributed by atoms with Gasteiger partial charge in [-0.25, -0.2) is 4.79 Å². The van der Waals surface area contributed by atoms with E-state index >= 15 is 0 Å². The van der Waals surface area contributed by atoms with Crippen LogP contribution in [0.5, 0.6) is 0 Å². The first-order valence-corrected chi connectivity index (χ1v) is 18.2. The summed E-state index contributed by atoms with van der Waals surface area (Å²) >= 11 is 0. The van der Waals surface area contributed by atoms with Gasteiger partial charge in [-0.05, 0) is 79.3 Å². The van der Waals surface area contributed by atoms with Gasteiger partial charge in [-0.1, -0.05) is 63.6 Å². The summed E-state index contributed by atoms with van der Waals surface area (Å²) < 4.78 is 5.25. The van der Waals surface area contributed by atoms with Crippen molar-refractivity contribution in [3.63, 3.8) is 0 Å². The molecule has 4 aliphatic rings. The van der Waals surface area contributed by atoms with Crippen LogP contribution < -0.4 is 10.6 Å². The zero-order valence-electron chi connectivity index (χ0n) is 30.0. The molecule has 278 valence electrons. The summed E-state index contributed by atoms with van der Waals surface area (Å²) in [5, 5.41) is 38.3. The number of ether oxygens (including phenoxy) is 1. The van der Waals surface area contributed by atoms with Crippen molar-refractivity contribution in [3.05, 3.63) is 47.5 Å². The number of amides is 2. The minimum Gasteiger partial charge on any atom is -0.480 e. The molecule has 12 heteroatoms. The van der Waals surface area contributed by atoms with Gasteiger partial charge in [-0.15, -0.1) is 0 Å². The minimum atomic E-state index is -1.80. The van der Waals surface area contributed by atoms with E-state index in [1.54, 1.807) is 50.3 Å². The second-order valence-corrected chi connectivity index (χ2v) is 15.9. The maximum absolute atomic E-state index is 13.6. The van der Waals surface area contributed by atoms with E-state index in [2.05, 4.69) is 17.6 Å². The number of hydrogen-bond donors (Lipinski definition) is 5. The number of allylic oxidation sites excluding steroid dienone is 1. The van der Waals surface area contributed by atoms with Gasteiger partial charge >= 0.3 is 11.9 Å². The second-order valence-electron chi connectivity index (χ2n) is 15.9. The van der Waals surface area contributed by atoms with Crippen molar-refractivity contribution in [2.45, 2.75) is 116 Å². The maximum atomic E-state index is 13.6. The topological polar surface area (TPSA) is 196 Å². The van der Waals surface area contributed by atoms with E-state index in [-0.39, 0.29) is 61.1 Å². The second kappa shape index (κ2) is 15.0. The van der Waals surface area contributed by atoms with E-state index in [0.717, 1.165) is 24.0 Å². The molecule has 0 heterocycles. The summed E-state index contributed by atoms with van der Waals surface area (Å²) in [5.41, 5.74) is -1.20. The van der Waals surface area contributed by atoms with Gasteiger partial charge in [0.25, 0.3) is 0 Å². The van der Waals surface area contributed by atoms with Crippen LogP contribution >= 0.6 is 0 Å². The molecule has 2 amide bonds. The number of ketones is 2. The Morgan fingerprint density at radius 2 is 1.69 bits per heavy atom. The third-order valence-electron chi connectivity index (χ3n) is 12.6. The fraction of sp³-hybridized carbons (Fsp3) is 0.641. The lowest BCUT2D eigenvalue weighted by atomic mass is 9.45. The van der Waals surface area contributed by atoms with Crippen molar-refractivity contribution in [1.82, 2.24) is 10.6 Å². The third kappa shape index (κ3) is 7.53. The lowest BCUT2D eigenvalue weighted by Gasteiger charge is -2.60. The first-order valence-electron chi connectivity index (χ1n) is 18.2. The molecular weight excluding hydrogens is 656 g/mol. The van der Waals surface area contributed by atoms with Crippen LogP contribution in [-0.4, -0.2) is 81.0 Å². The van der Waals surface area contributed by atoms with Gasteiger partial charge < -0.3 is 30.7 Å². The number of carbonyl (C=O) groups is 6. The lowest BCUT2D eigenvalue weighted by Crippen LogP contribution is -2.62. The Labute approximate surface area is 298 Å². The van der Waals surface area contributed by atoms with Gasteiger partial charge in [0.15, 0.2) is 12.4 Å². The van der Waals surface area contributed by atoms with Crippen LogP contribution in [0, 0.1) is 34.5 Å². The summed E-state index contributed by atoms with van der Waals surface area (Å²) in [4.78, 5) is 76.1. The van der Waals surface area contributed by atoms with Gasteiger partial charge in [0.2, 0.25) is 17.6 Å². The molecule has 4 aliphatic carbocycles. The molecule has 0 bridgehead atoms. The third-order valence-corrected chi connectivity index (χ3v) is 12.6. The van der Waals surface area contributed by atoms with Crippen molar-refractivity contribution < 1.29 is 48.8 Å². The quantitative estimate of drug-likeness (QED) is 0.190. The highest BCUT2D eigenvalue weighted by molar-refractivity contribution is 5.93. The van der Waals surface area contributed by atoms with Crippen molar-refractivity contribution in [2.24, 2.45) is 34.5 Å². The monoisotopic (exact) mass is 708 g/mol. The summed E-state index contributed by atoms with van der Waals surface area (Å²) in [6, 6.07) is 6.57. The van der Waals surface area contributed by atoms with Crippen LogP contribution in [0.3, 0.4) is 0 Å². The number of carboxylic acids is 1. The molecule has 3 fully saturated rings. The molecule has 9 atom stereocenters. The van der Waals surface area contributed by atoms with E-state index < -0.39 is 71.3 Å². The van der Waals surface area contributed by atoms with Gasteiger partial charge in [-0.2, -0.15) is 0 Å². The van der Waals surface area contributed by atoms with Crippen molar-refractivity contribution in [1.29, 1.82) is 0 Å². The van der Waals surface area contributed by atoms with E-state index in [0.29, 0.717) is 19.3 Å². The van der Waals surface area contributed by atoms with E-state index in [1.165, 1.54) is 0 Å². The fourth-order valence-electron chi connectivity index (χ4n) is 9.80. The molecule has 3 saturated carbocycles. The number of fused-ring (bicyclic) bond motifs is 5. The van der Waals surface area contributed by atoms with Gasteiger partial charge in [0.05, 0.1) is 12.5 Å². The molecule has 0 aliphatic heterocycles. The Morgan fingerprint density at radius 1 is 0.980 bits per heavy atom. The summed E-state index contributed by atoms with van der Waals surface area (Å²) in [6.45, 7) is 6.71. The Morgan fingerprint density at radius 3 is 2.35 bits per heavy atom. The van der Waals surface area contributed by atoms with Crippen LogP contribution in [-0.2, 0) is 39.9 Å². The number of aliphatic carboxylic acids is 1. The predicted molar refractivity (Wildman–Crippen MR) is 185 cm³/mol. The number of carboxylic acid groups (broad SMARTS) is 1. The molecule has 51 heavy (non-hydrogen) atoms. The smallest absolute Gasteiger partial charge is 0.326 e. The predicted octanol–water partition coefficient (Wildman–Crippen LogP) is 3.07. The molecule has 6 unspecified atom stereocenters. The van der Waals surface area contributed by atoms with Crippen molar-refractivity contribution >= 4 is 35.3 Å². The van der Waals surface area contributed by atoms with Crippen LogP contribution in [0.1, 0.15) is 91.0 Å². The molecule has 12 nitrogen and oxygen atoms in total.